The van der Waals surface area contributed by atoms with Crippen LogP contribution < -0.4 is 9.64 Å². The molecule has 8 nitrogen and oxygen atoms in total. The van der Waals surface area contributed by atoms with Gasteiger partial charge in [-0.3, -0.25) is 14.4 Å². The van der Waals surface area contributed by atoms with Gasteiger partial charge in [-0.15, -0.1) is 24.9 Å². The number of nitrogens with zero attached hydrogens (tertiary/aromatic N) is 2. The molecule has 3 fully saturated rings. The number of thioether (sulfide) groups is 1. The number of amides is 2. The van der Waals surface area contributed by atoms with Crippen molar-refractivity contribution in [2.24, 2.45) is 17.8 Å². The highest BCUT2D eigenvalue weighted by Gasteiger charge is 2.78. The van der Waals surface area contributed by atoms with E-state index >= 15 is 0 Å². The molecule has 0 saturated carbocycles. The van der Waals surface area contributed by atoms with Crippen molar-refractivity contribution in [3.8, 4) is 5.75 Å². The lowest BCUT2D eigenvalue weighted by Gasteiger charge is -2.40. The van der Waals surface area contributed by atoms with Crippen LogP contribution in [0.2, 0.25) is 0 Å². The summed E-state index contributed by atoms with van der Waals surface area (Å²) in [7, 11) is 1.59. The SMILES string of the molecule is C=CCCCOC(=O)[C@@H]1[C@H]2C(=O)N([C@@H](CO)CC(C)C)C(C(=O)N(CC=C)c3ccc(OC)cc3)C23CC[C@@]1(C)S3. The molecule has 0 aromatic heterocycles. The molecule has 3 aliphatic rings. The lowest BCUT2D eigenvalue weighted by Crippen LogP contribution is -2.57. The summed E-state index contributed by atoms with van der Waals surface area (Å²) in [5, 5.41) is 10.5. The molecule has 0 aliphatic carbocycles. The third-order valence-corrected chi connectivity index (χ3v) is 10.8. The summed E-state index contributed by atoms with van der Waals surface area (Å²) in [6, 6.07) is 5.83. The average Bonchev–Trinajstić information content (AvgIpc) is 3.53. The zero-order chi connectivity index (χ0) is 29.9. The molecule has 41 heavy (non-hydrogen) atoms. The van der Waals surface area contributed by atoms with Crippen LogP contribution in [0.15, 0.2) is 49.6 Å². The van der Waals surface area contributed by atoms with Gasteiger partial charge >= 0.3 is 5.97 Å². The number of rotatable bonds is 14. The molecule has 2 amide bonds. The highest BCUT2D eigenvalue weighted by molar-refractivity contribution is 8.02. The van der Waals surface area contributed by atoms with Crippen molar-refractivity contribution >= 4 is 35.2 Å². The molecule has 4 rings (SSSR count). The predicted molar refractivity (Wildman–Crippen MR) is 162 cm³/mol. The van der Waals surface area contributed by atoms with Crippen molar-refractivity contribution in [1.82, 2.24) is 4.90 Å². The molecule has 1 spiro atoms. The molecule has 3 saturated heterocycles. The Labute approximate surface area is 248 Å². The van der Waals surface area contributed by atoms with Crippen LogP contribution in [0.4, 0.5) is 5.69 Å². The molecule has 1 N–H and O–H groups in total. The number of hydrogen-bond donors (Lipinski definition) is 1. The van der Waals surface area contributed by atoms with Crippen LogP contribution in [-0.2, 0) is 19.1 Å². The molecule has 6 atom stereocenters. The second-order valence-corrected chi connectivity index (χ2v) is 13.9. The largest absolute Gasteiger partial charge is 0.497 e. The molecule has 1 aromatic rings. The van der Waals surface area contributed by atoms with E-state index in [1.54, 1.807) is 53.0 Å². The van der Waals surface area contributed by atoms with E-state index in [4.69, 9.17) is 9.47 Å². The molecular weight excluding hydrogens is 540 g/mol. The zero-order valence-corrected chi connectivity index (χ0v) is 25.5. The van der Waals surface area contributed by atoms with Gasteiger partial charge in [-0.2, -0.15) is 0 Å². The Bertz CT molecular complexity index is 1160. The number of unbranched alkanes of at least 4 members (excludes halogenated alkanes) is 1. The molecule has 224 valence electrons. The van der Waals surface area contributed by atoms with Gasteiger partial charge in [0, 0.05) is 17.0 Å². The van der Waals surface area contributed by atoms with Gasteiger partial charge in [-0.05, 0) is 69.2 Å². The molecule has 0 radical (unpaired) electrons. The Morgan fingerprint density at radius 1 is 1.22 bits per heavy atom. The Morgan fingerprint density at radius 2 is 1.93 bits per heavy atom. The lowest BCUT2D eigenvalue weighted by atomic mass is 9.66. The molecular formula is C32H44N2O6S. The quantitative estimate of drug-likeness (QED) is 0.194. The van der Waals surface area contributed by atoms with Crippen LogP contribution in [-0.4, -0.2) is 76.2 Å². The highest BCUT2D eigenvalue weighted by Crippen LogP contribution is 2.72. The average molecular weight is 585 g/mol. The molecule has 2 unspecified atom stereocenters. The third kappa shape index (κ3) is 5.55. The summed E-state index contributed by atoms with van der Waals surface area (Å²) in [6.07, 6.45) is 6.72. The number of ether oxygens (including phenoxy) is 2. The second kappa shape index (κ2) is 12.6. The van der Waals surface area contributed by atoms with Crippen LogP contribution in [0, 0.1) is 17.8 Å². The number of methoxy groups -OCH3 is 1. The molecule has 2 bridgehead atoms. The summed E-state index contributed by atoms with van der Waals surface area (Å²) in [5.74, 6) is -1.35. The number of allylic oxidation sites excluding steroid dienone is 1. The number of aliphatic hydroxyl groups excluding tert-OH is 1. The maximum Gasteiger partial charge on any atom is 0.311 e. The zero-order valence-electron chi connectivity index (χ0n) is 24.7. The maximum atomic E-state index is 14.7. The van der Waals surface area contributed by atoms with E-state index in [-0.39, 0.29) is 43.5 Å². The van der Waals surface area contributed by atoms with E-state index in [0.29, 0.717) is 37.1 Å². The normalized spacial score (nSPS) is 28.9. The summed E-state index contributed by atoms with van der Waals surface area (Å²) in [4.78, 5) is 46.1. The van der Waals surface area contributed by atoms with Gasteiger partial charge in [-0.25, -0.2) is 0 Å². The Balaban J connectivity index is 1.78. The Morgan fingerprint density at radius 3 is 2.51 bits per heavy atom. The van der Waals surface area contributed by atoms with E-state index in [9.17, 15) is 19.5 Å². The van der Waals surface area contributed by atoms with Crippen LogP contribution in [0.25, 0.3) is 0 Å². The van der Waals surface area contributed by atoms with Crippen molar-refractivity contribution in [2.75, 3.05) is 31.8 Å². The first-order valence-electron chi connectivity index (χ1n) is 14.6. The van der Waals surface area contributed by atoms with Crippen molar-refractivity contribution < 1.29 is 29.0 Å². The number of anilines is 1. The Hall–Kier alpha value is -2.78. The number of esters is 1. The smallest absolute Gasteiger partial charge is 0.311 e. The summed E-state index contributed by atoms with van der Waals surface area (Å²) in [6.45, 7) is 13.9. The molecule has 3 heterocycles. The van der Waals surface area contributed by atoms with Gasteiger partial charge in [-0.1, -0.05) is 26.0 Å². The van der Waals surface area contributed by atoms with E-state index in [1.807, 2.05) is 32.9 Å². The first kappa shape index (κ1) is 31.2. The van der Waals surface area contributed by atoms with Crippen molar-refractivity contribution in [2.45, 2.75) is 74.5 Å². The Kier molecular flexibility index (Phi) is 9.59. The van der Waals surface area contributed by atoms with Crippen LogP contribution in [0.5, 0.6) is 5.75 Å². The predicted octanol–water partition coefficient (Wildman–Crippen LogP) is 4.61. The fraction of sp³-hybridized carbons (Fsp3) is 0.594. The fourth-order valence-corrected chi connectivity index (χ4v) is 9.39. The van der Waals surface area contributed by atoms with Gasteiger partial charge in [0.1, 0.15) is 11.8 Å². The number of likely N-dealkylation sites (tertiary alicyclic amines) is 1. The van der Waals surface area contributed by atoms with E-state index in [2.05, 4.69) is 13.2 Å². The summed E-state index contributed by atoms with van der Waals surface area (Å²) < 4.78 is 9.71. The van der Waals surface area contributed by atoms with Gasteiger partial charge in [0.15, 0.2) is 0 Å². The van der Waals surface area contributed by atoms with Gasteiger partial charge in [0.2, 0.25) is 5.91 Å². The van der Waals surface area contributed by atoms with Gasteiger partial charge in [0.25, 0.3) is 5.91 Å². The molecule has 3 aliphatic heterocycles. The van der Waals surface area contributed by atoms with Crippen LogP contribution in [0.1, 0.15) is 52.9 Å². The summed E-state index contributed by atoms with van der Waals surface area (Å²) in [5.41, 5.74) is 0.661. The topological polar surface area (TPSA) is 96.4 Å². The second-order valence-electron chi connectivity index (χ2n) is 12.0. The standard InChI is InChI=1S/C32H44N2O6S/c1-7-9-10-18-40-30(38)26-25-28(36)34(23(20-35)19-21(3)4)27(32(25)16-15-31(26,5)41-32)29(37)33(17-8-2)22-11-13-24(39-6)14-12-22/h7-8,11-14,21,23,25-27,35H,1-2,9-10,15-20H2,3-6H3/t23-,25+,26+,27?,31-,32?/m1/s1. The fourth-order valence-electron chi connectivity index (χ4n) is 7.07. The number of fused-ring (bicyclic) bond motifs is 1. The minimum atomic E-state index is -0.844. The van der Waals surface area contributed by atoms with Crippen LogP contribution in [0.3, 0.4) is 0 Å². The molecule has 1 aromatic carbocycles. The first-order valence-corrected chi connectivity index (χ1v) is 15.4. The first-order chi connectivity index (χ1) is 19.6. The van der Waals surface area contributed by atoms with Crippen molar-refractivity contribution in [3.63, 3.8) is 0 Å². The molecule has 9 heteroatoms. The minimum absolute atomic E-state index is 0.187. The number of carbonyl (C=O) groups excluding carboxylic acids is 3. The van der Waals surface area contributed by atoms with Crippen LogP contribution >= 0.6 is 11.8 Å². The number of carbonyl (C=O) groups is 3. The lowest BCUT2D eigenvalue weighted by molar-refractivity contribution is -0.156. The maximum absolute atomic E-state index is 14.7. The van der Waals surface area contributed by atoms with Crippen molar-refractivity contribution in [3.05, 3.63) is 49.6 Å². The monoisotopic (exact) mass is 584 g/mol. The van der Waals surface area contributed by atoms with Gasteiger partial charge in [0.05, 0.1) is 42.9 Å². The van der Waals surface area contributed by atoms with E-state index in [1.165, 1.54) is 0 Å². The highest BCUT2D eigenvalue weighted by atomic mass is 32.2. The number of benzene rings is 1. The number of hydrogen-bond acceptors (Lipinski definition) is 7. The summed E-state index contributed by atoms with van der Waals surface area (Å²) >= 11 is 1.61. The third-order valence-electron chi connectivity index (χ3n) is 8.81. The van der Waals surface area contributed by atoms with Crippen molar-refractivity contribution in [1.29, 1.82) is 0 Å². The van der Waals surface area contributed by atoms with Gasteiger partial charge < -0.3 is 24.4 Å². The van der Waals surface area contributed by atoms with E-state index < -0.39 is 33.4 Å². The number of aliphatic hydroxyl groups is 1. The van der Waals surface area contributed by atoms with E-state index in [0.717, 1.165) is 6.42 Å². The minimum Gasteiger partial charge on any atom is -0.497 e.